The molecule has 0 aromatic carbocycles. The topological polar surface area (TPSA) is 0 Å². The third kappa shape index (κ3) is 8.77. The van der Waals surface area contributed by atoms with Gasteiger partial charge in [0.2, 0.25) is 0 Å². The van der Waals surface area contributed by atoms with Gasteiger partial charge in [-0.3, -0.25) is 0 Å². The summed E-state index contributed by atoms with van der Waals surface area (Å²) in [6, 6.07) is 0. The number of alkyl halides is 2. The molecule has 0 amide bonds. The molecule has 0 nitrogen and oxygen atoms in total. The quantitative estimate of drug-likeness (QED) is 0.322. The zero-order valence-corrected chi connectivity index (χ0v) is 9.91. The minimum absolute atomic E-state index is 0.326. The number of hydrogen-bond donors (Lipinski definition) is 0. The SMILES string of the molecule is CCCCCC#CC(Br)I. The predicted octanol–water partition coefficient (Wildman–Crippen LogP) is 3.73. The molecular formula is C8H12BrI. The van der Waals surface area contributed by atoms with Crippen LogP contribution in [0.4, 0.5) is 0 Å². The van der Waals surface area contributed by atoms with Crippen molar-refractivity contribution in [1.29, 1.82) is 0 Å². The van der Waals surface area contributed by atoms with Crippen LogP contribution in [0.5, 0.6) is 0 Å². The molecule has 0 aromatic rings. The lowest BCUT2D eigenvalue weighted by Crippen LogP contribution is -1.75. The average Bonchev–Trinajstić information content (AvgIpc) is 1.87. The molecular weight excluding hydrogens is 303 g/mol. The van der Waals surface area contributed by atoms with E-state index in [-0.39, 0.29) is 0 Å². The van der Waals surface area contributed by atoms with Crippen molar-refractivity contribution in [1.82, 2.24) is 0 Å². The van der Waals surface area contributed by atoms with Crippen molar-refractivity contribution in [2.45, 2.75) is 35.4 Å². The van der Waals surface area contributed by atoms with Crippen LogP contribution in [0, 0.1) is 11.8 Å². The van der Waals surface area contributed by atoms with Crippen molar-refractivity contribution in [2.24, 2.45) is 0 Å². The van der Waals surface area contributed by atoms with Gasteiger partial charge in [0.1, 0.15) is 2.83 Å². The van der Waals surface area contributed by atoms with Gasteiger partial charge in [-0.25, -0.2) is 0 Å². The van der Waals surface area contributed by atoms with E-state index in [9.17, 15) is 0 Å². The molecule has 0 aliphatic heterocycles. The highest BCUT2D eigenvalue weighted by Crippen LogP contribution is 2.06. The van der Waals surface area contributed by atoms with Gasteiger partial charge in [0.25, 0.3) is 0 Å². The summed E-state index contributed by atoms with van der Waals surface area (Å²) in [4.78, 5) is 0. The normalized spacial score (nSPS) is 11.9. The van der Waals surface area contributed by atoms with Crippen molar-refractivity contribution < 1.29 is 0 Å². The molecule has 10 heavy (non-hydrogen) atoms. The first kappa shape index (κ1) is 10.8. The second-order valence-corrected chi connectivity index (χ2v) is 5.95. The fourth-order valence-corrected chi connectivity index (χ4v) is 0.995. The zero-order valence-electron chi connectivity index (χ0n) is 6.16. The van der Waals surface area contributed by atoms with Crippen molar-refractivity contribution in [3.63, 3.8) is 0 Å². The molecule has 0 heterocycles. The van der Waals surface area contributed by atoms with E-state index in [1.54, 1.807) is 0 Å². The van der Waals surface area contributed by atoms with Crippen LogP contribution in [0.25, 0.3) is 0 Å². The van der Waals surface area contributed by atoms with Crippen molar-refractivity contribution in [3.8, 4) is 11.8 Å². The third-order valence-electron chi connectivity index (χ3n) is 1.12. The predicted molar refractivity (Wildman–Crippen MR) is 58.7 cm³/mol. The van der Waals surface area contributed by atoms with E-state index < -0.39 is 0 Å². The van der Waals surface area contributed by atoms with Crippen LogP contribution in [0.1, 0.15) is 32.6 Å². The number of rotatable bonds is 3. The highest BCUT2D eigenvalue weighted by molar-refractivity contribution is 14.1. The molecule has 2 heteroatoms. The summed E-state index contributed by atoms with van der Waals surface area (Å²) in [5, 5.41) is 0. The van der Waals surface area contributed by atoms with Gasteiger partial charge in [0, 0.05) is 6.42 Å². The lowest BCUT2D eigenvalue weighted by Gasteiger charge is -1.88. The Morgan fingerprint density at radius 3 is 2.70 bits per heavy atom. The van der Waals surface area contributed by atoms with Gasteiger partial charge in [-0.15, -0.1) is 5.92 Å². The second kappa shape index (κ2) is 7.87. The molecule has 0 bridgehead atoms. The largest absolute Gasteiger partial charge is 0.126 e. The van der Waals surface area contributed by atoms with E-state index >= 15 is 0 Å². The Balaban J connectivity index is 3.12. The fourth-order valence-electron chi connectivity index (χ4n) is 0.613. The summed E-state index contributed by atoms with van der Waals surface area (Å²) >= 11 is 5.60. The maximum Gasteiger partial charge on any atom is 0.126 e. The first-order chi connectivity index (χ1) is 4.77. The highest BCUT2D eigenvalue weighted by Gasteiger charge is 1.85. The molecule has 0 rings (SSSR count). The smallest absolute Gasteiger partial charge is 0.101 e. The Labute approximate surface area is 85.4 Å². The summed E-state index contributed by atoms with van der Waals surface area (Å²) in [6.07, 6.45) is 4.89. The Morgan fingerprint density at radius 1 is 1.50 bits per heavy atom. The van der Waals surface area contributed by atoms with Gasteiger partial charge in [-0.05, 0) is 6.42 Å². The Kier molecular flexibility index (Phi) is 8.48. The van der Waals surface area contributed by atoms with Crippen LogP contribution in [0.15, 0.2) is 0 Å². The minimum atomic E-state index is 0.326. The molecule has 0 radical (unpaired) electrons. The van der Waals surface area contributed by atoms with E-state index in [2.05, 4.69) is 57.3 Å². The maximum atomic E-state index is 3.36. The molecule has 0 aliphatic rings. The lowest BCUT2D eigenvalue weighted by molar-refractivity contribution is 0.737. The second-order valence-electron chi connectivity index (χ2n) is 2.08. The lowest BCUT2D eigenvalue weighted by atomic mass is 10.2. The van der Waals surface area contributed by atoms with Gasteiger partial charge in [0.05, 0.1) is 0 Å². The molecule has 0 saturated heterocycles. The standard InChI is InChI=1S/C8H12BrI/c1-2-3-4-5-6-7-8(9)10/h8H,2-5H2,1H3. The van der Waals surface area contributed by atoms with Gasteiger partial charge in [-0.2, -0.15) is 0 Å². The molecule has 1 unspecified atom stereocenters. The van der Waals surface area contributed by atoms with E-state index in [4.69, 9.17) is 0 Å². The fraction of sp³-hybridized carbons (Fsp3) is 0.750. The molecule has 0 spiro atoms. The van der Waals surface area contributed by atoms with Crippen molar-refractivity contribution in [2.75, 3.05) is 0 Å². The van der Waals surface area contributed by atoms with Crippen LogP contribution in [0.3, 0.4) is 0 Å². The summed E-state index contributed by atoms with van der Waals surface area (Å²) in [7, 11) is 0. The number of unbranched alkanes of at least 4 members (excludes halogenated alkanes) is 3. The van der Waals surface area contributed by atoms with Crippen LogP contribution in [-0.4, -0.2) is 2.83 Å². The molecule has 0 aromatic heterocycles. The van der Waals surface area contributed by atoms with Gasteiger partial charge >= 0.3 is 0 Å². The third-order valence-corrected chi connectivity index (χ3v) is 1.66. The Morgan fingerprint density at radius 2 is 2.20 bits per heavy atom. The van der Waals surface area contributed by atoms with E-state index in [0.29, 0.717) is 2.83 Å². The van der Waals surface area contributed by atoms with Crippen LogP contribution < -0.4 is 0 Å². The van der Waals surface area contributed by atoms with Crippen LogP contribution >= 0.6 is 38.5 Å². The summed E-state index contributed by atoms with van der Waals surface area (Å²) < 4.78 is 0.326. The number of halogens is 2. The number of hydrogen-bond acceptors (Lipinski definition) is 0. The Hall–Kier alpha value is 0.770. The van der Waals surface area contributed by atoms with E-state index in [0.717, 1.165) is 6.42 Å². The molecule has 0 N–H and O–H groups in total. The summed E-state index contributed by atoms with van der Waals surface area (Å²) in [5.41, 5.74) is 0. The molecule has 0 saturated carbocycles. The monoisotopic (exact) mass is 314 g/mol. The molecule has 0 aliphatic carbocycles. The summed E-state index contributed by atoms with van der Waals surface area (Å²) in [6.45, 7) is 2.21. The molecule has 0 fully saturated rings. The first-order valence-corrected chi connectivity index (χ1v) is 5.70. The van der Waals surface area contributed by atoms with Crippen molar-refractivity contribution >= 4 is 38.5 Å². The zero-order chi connectivity index (χ0) is 7.82. The van der Waals surface area contributed by atoms with Crippen LogP contribution in [0.2, 0.25) is 0 Å². The van der Waals surface area contributed by atoms with Gasteiger partial charge in [0.15, 0.2) is 0 Å². The van der Waals surface area contributed by atoms with Gasteiger partial charge in [-0.1, -0.05) is 64.2 Å². The van der Waals surface area contributed by atoms with Gasteiger partial charge < -0.3 is 0 Å². The Bertz CT molecular complexity index is 121. The molecule has 58 valence electrons. The minimum Gasteiger partial charge on any atom is -0.101 e. The first-order valence-electron chi connectivity index (χ1n) is 3.54. The van der Waals surface area contributed by atoms with E-state index in [1.807, 2.05) is 0 Å². The van der Waals surface area contributed by atoms with Crippen LogP contribution in [-0.2, 0) is 0 Å². The van der Waals surface area contributed by atoms with Crippen molar-refractivity contribution in [3.05, 3.63) is 0 Å². The summed E-state index contributed by atoms with van der Waals surface area (Å²) in [5.74, 6) is 6.17. The average molecular weight is 315 g/mol. The molecule has 1 atom stereocenters. The highest BCUT2D eigenvalue weighted by atomic mass is 127. The maximum absolute atomic E-state index is 3.36. The van der Waals surface area contributed by atoms with E-state index in [1.165, 1.54) is 19.3 Å².